The number of aliphatic hydroxyl groups is 2. The first kappa shape index (κ1) is 27.2. The Morgan fingerprint density at radius 2 is 1.50 bits per heavy atom. The van der Waals surface area contributed by atoms with E-state index in [2.05, 4.69) is 16.0 Å². The van der Waals surface area contributed by atoms with Crippen molar-refractivity contribution in [3.8, 4) is 0 Å². The third-order valence-electron chi connectivity index (χ3n) is 4.31. The summed E-state index contributed by atoms with van der Waals surface area (Å²) in [6, 6.07) is -3.73. The van der Waals surface area contributed by atoms with Gasteiger partial charge in [-0.05, 0) is 12.8 Å². The van der Waals surface area contributed by atoms with E-state index < -0.39 is 73.5 Å². The fraction of sp³-hybridized carbons (Fsp3) is 0.706. The van der Waals surface area contributed by atoms with Crippen molar-refractivity contribution < 1.29 is 39.3 Å². The minimum absolute atomic E-state index is 0.147. The minimum Gasteiger partial charge on any atom is -0.480 e. The molecular formula is C17H31N5O8. The van der Waals surface area contributed by atoms with E-state index in [1.807, 2.05) is 12.2 Å². The number of amides is 4. The van der Waals surface area contributed by atoms with Crippen molar-refractivity contribution in [3.63, 3.8) is 0 Å². The van der Waals surface area contributed by atoms with E-state index in [1.54, 1.807) is 6.92 Å². The molecule has 13 nitrogen and oxygen atoms in total. The summed E-state index contributed by atoms with van der Waals surface area (Å²) in [7, 11) is 0. The maximum atomic E-state index is 12.2. The average Bonchev–Trinajstić information content (AvgIpc) is 2.70. The number of carbonyl (C=O) groups excluding carboxylic acids is 4. The van der Waals surface area contributed by atoms with Crippen LogP contribution in [0, 0.1) is 5.92 Å². The van der Waals surface area contributed by atoms with Crippen molar-refractivity contribution in [1.82, 2.24) is 21.3 Å². The van der Waals surface area contributed by atoms with Gasteiger partial charge in [-0.25, -0.2) is 4.79 Å². The van der Waals surface area contributed by atoms with Crippen LogP contribution in [0.15, 0.2) is 0 Å². The summed E-state index contributed by atoms with van der Waals surface area (Å²) in [4.78, 5) is 58.3. The molecule has 0 spiro atoms. The van der Waals surface area contributed by atoms with Gasteiger partial charge in [-0.1, -0.05) is 20.3 Å². The summed E-state index contributed by atoms with van der Waals surface area (Å²) in [6.45, 7) is 2.92. The molecule has 0 heterocycles. The molecule has 0 bridgehead atoms. The highest BCUT2D eigenvalue weighted by molar-refractivity contribution is 5.93. The van der Waals surface area contributed by atoms with Crippen LogP contribution in [0.5, 0.6) is 0 Å². The quantitative estimate of drug-likeness (QED) is 0.142. The number of hydrogen-bond acceptors (Lipinski definition) is 8. The standard InChI is InChI=1S/C17H31N5O8/c1-4-8(2)13(18)15(27)22-14(9(3)24)16(28)20-5-11(25)19-6-12(26)21-10(7-23)17(29)30/h8-10,13-14,23-24H,4-7,18H2,1-3H3,(H,19,25)(H,20,28)(H,21,26)(H,22,27)(H,29,30)/t8-,9-,10-,13-,14-/m0/s1. The van der Waals surface area contributed by atoms with Crippen molar-refractivity contribution in [1.29, 1.82) is 0 Å². The van der Waals surface area contributed by atoms with Gasteiger partial charge in [-0.2, -0.15) is 0 Å². The van der Waals surface area contributed by atoms with Gasteiger partial charge < -0.3 is 42.3 Å². The number of carbonyl (C=O) groups is 5. The smallest absolute Gasteiger partial charge is 0.328 e. The molecule has 0 fully saturated rings. The van der Waals surface area contributed by atoms with Gasteiger partial charge in [0.1, 0.15) is 12.1 Å². The highest BCUT2D eigenvalue weighted by atomic mass is 16.4. The zero-order valence-electron chi connectivity index (χ0n) is 17.2. The molecule has 172 valence electrons. The first-order valence-corrected chi connectivity index (χ1v) is 9.35. The van der Waals surface area contributed by atoms with Gasteiger partial charge in [0, 0.05) is 0 Å². The zero-order valence-corrected chi connectivity index (χ0v) is 17.2. The lowest BCUT2D eigenvalue weighted by atomic mass is 9.99. The van der Waals surface area contributed by atoms with Crippen LogP contribution in [0.1, 0.15) is 27.2 Å². The fourth-order valence-electron chi connectivity index (χ4n) is 2.12. The van der Waals surface area contributed by atoms with Crippen LogP contribution in [0.4, 0.5) is 0 Å². The third kappa shape index (κ3) is 9.62. The maximum absolute atomic E-state index is 12.2. The molecule has 0 aromatic rings. The Balaban J connectivity index is 4.58. The highest BCUT2D eigenvalue weighted by Gasteiger charge is 2.29. The van der Waals surface area contributed by atoms with Gasteiger partial charge in [0.15, 0.2) is 0 Å². The summed E-state index contributed by atoms with van der Waals surface area (Å²) in [5.41, 5.74) is 5.79. The van der Waals surface area contributed by atoms with E-state index in [4.69, 9.17) is 15.9 Å². The van der Waals surface area contributed by atoms with E-state index >= 15 is 0 Å². The molecule has 0 rings (SSSR count). The number of hydrogen-bond donors (Lipinski definition) is 8. The molecule has 9 N–H and O–H groups in total. The number of aliphatic carboxylic acids is 1. The van der Waals surface area contributed by atoms with E-state index in [1.165, 1.54) is 6.92 Å². The van der Waals surface area contributed by atoms with Crippen molar-refractivity contribution in [2.24, 2.45) is 11.7 Å². The van der Waals surface area contributed by atoms with Crippen molar-refractivity contribution in [3.05, 3.63) is 0 Å². The molecule has 0 aliphatic carbocycles. The zero-order chi connectivity index (χ0) is 23.4. The van der Waals surface area contributed by atoms with Crippen LogP contribution in [0.25, 0.3) is 0 Å². The molecule has 30 heavy (non-hydrogen) atoms. The normalized spacial score (nSPS) is 15.7. The molecular weight excluding hydrogens is 402 g/mol. The first-order valence-electron chi connectivity index (χ1n) is 9.35. The summed E-state index contributed by atoms with van der Waals surface area (Å²) in [5, 5.41) is 36.0. The SMILES string of the molecule is CC[C@H](C)[C@H](N)C(=O)N[C@H](C(=O)NCC(=O)NCC(=O)N[C@@H](CO)C(=O)O)[C@H](C)O. The summed E-state index contributed by atoms with van der Waals surface area (Å²) < 4.78 is 0. The Morgan fingerprint density at radius 3 is 1.97 bits per heavy atom. The molecule has 0 aromatic carbocycles. The number of nitrogens with one attached hydrogen (secondary N) is 4. The van der Waals surface area contributed by atoms with Gasteiger partial charge >= 0.3 is 5.97 Å². The lowest BCUT2D eigenvalue weighted by Gasteiger charge is -2.24. The van der Waals surface area contributed by atoms with Gasteiger partial charge in [0.25, 0.3) is 0 Å². The maximum Gasteiger partial charge on any atom is 0.328 e. The second-order valence-corrected chi connectivity index (χ2v) is 6.77. The molecule has 5 atom stereocenters. The van der Waals surface area contributed by atoms with E-state index in [-0.39, 0.29) is 5.92 Å². The van der Waals surface area contributed by atoms with E-state index in [0.717, 1.165) is 0 Å². The molecule has 0 saturated carbocycles. The third-order valence-corrected chi connectivity index (χ3v) is 4.31. The molecule has 0 aromatic heterocycles. The molecule has 0 saturated heterocycles. The summed E-state index contributed by atoms with van der Waals surface area (Å²) in [6.07, 6.45) is -0.627. The van der Waals surface area contributed by atoms with Crippen LogP contribution in [-0.2, 0) is 24.0 Å². The van der Waals surface area contributed by atoms with Crippen molar-refractivity contribution in [2.45, 2.75) is 51.4 Å². The molecule has 4 amide bonds. The fourth-order valence-corrected chi connectivity index (χ4v) is 2.12. The Bertz CT molecular complexity index is 627. The second-order valence-electron chi connectivity index (χ2n) is 6.77. The second kappa shape index (κ2) is 13.5. The number of aliphatic hydroxyl groups excluding tert-OH is 2. The first-order chi connectivity index (χ1) is 13.9. The molecule has 0 radical (unpaired) electrons. The lowest BCUT2D eigenvalue weighted by Crippen LogP contribution is -2.57. The van der Waals surface area contributed by atoms with Crippen LogP contribution < -0.4 is 27.0 Å². The number of carboxylic acids is 1. The van der Waals surface area contributed by atoms with Crippen LogP contribution in [0.2, 0.25) is 0 Å². The van der Waals surface area contributed by atoms with Crippen molar-refractivity contribution in [2.75, 3.05) is 19.7 Å². The topological polar surface area (TPSA) is 220 Å². The molecule has 0 unspecified atom stereocenters. The van der Waals surface area contributed by atoms with Crippen LogP contribution >= 0.6 is 0 Å². The summed E-state index contributed by atoms with van der Waals surface area (Å²) >= 11 is 0. The number of nitrogens with two attached hydrogens (primary N) is 1. The van der Waals surface area contributed by atoms with Gasteiger partial charge in [-0.3, -0.25) is 19.2 Å². The highest BCUT2D eigenvalue weighted by Crippen LogP contribution is 2.06. The van der Waals surface area contributed by atoms with Gasteiger partial charge in [0.05, 0.1) is 31.8 Å². The van der Waals surface area contributed by atoms with Crippen LogP contribution in [-0.4, -0.2) is 88.8 Å². The minimum atomic E-state index is -1.51. The van der Waals surface area contributed by atoms with E-state index in [9.17, 15) is 29.1 Å². The summed E-state index contributed by atoms with van der Waals surface area (Å²) in [5.74, 6) is -4.68. The van der Waals surface area contributed by atoms with Crippen LogP contribution in [0.3, 0.4) is 0 Å². The Labute approximate surface area is 173 Å². The monoisotopic (exact) mass is 433 g/mol. The predicted molar refractivity (Wildman–Crippen MR) is 104 cm³/mol. The number of carboxylic acid groups (broad SMARTS) is 1. The average molecular weight is 433 g/mol. The number of rotatable bonds is 13. The Morgan fingerprint density at radius 1 is 0.933 bits per heavy atom. The predicted octanol–water partition coefficient (Wildman–Crippen LogP) is -3.98. The largest absolute Gasteiger partial charge is 0.480 e. The molecule has 0 aliphatic rings. The Kier molecular flexibility index (Phi) is 12.2. The lowest BCUT2D eigenvalue weighted by molar-refractivity contribution is -0.142. The molecule has 13 heteroatoms. The van der Waals surface area contributed by atoms with Gasteiger partial charge in [0.2, 0.25) is 23.6 Å². The Hall–Kier alpha value is -2.77. The van der Waals surface area contributed by atoms with Gasteiger partial charge in [-0.15, -0.1) is 0 Å². The van der Waals surface area contributed by atoms with Crippen molar-refractivity contribution >= 4 is 29.6 Å². The van der Waals surface area contributed by atoms with E-state index in [0.29, 0.717) is 6.42 Å². The molecule has 0 aliphatic heterocycles.